The average molecular weight is 442 g/mol. The number of benzene rings is 1. The molecule has 152 valence electrons. The van der Waals surface area contributed by atoms with Crippen LogP contribution in [0.15, 0.2) is 53.6 Å². The molecule has 1 aliphatic heterocycles. The molecule has 0 radical (unpaired) electrons. The highest BCUT2D eigenvalue weighted by atomic mass is 35.5. The summed E-state index contributed by atoms with van der Waals surface area (Å²) >= 11 is 12.6. The number of anilines is 2. The molecule has 0 amide bonds. The molecule has 5 rings (SSSR count). The molecule has 0 saturated carbocycles. The zero-order chi connectivity index (χ0) is 21.0. The third-order valence-corrected chi connectivity index (χ3v) is 5.89. The van der Waals surface area contributed by atoms with Crippen molar-refractivity contribution >= 4 is 40.5 Å². The molecule has 0 unspecified atom stereocenters. The third-order valence-electron chi connectivity index (χ3n) is 5.32. The zero-order valence-electron chi connectivity index (χ0n) is 15.9. The first-order valence-corrected chi connectivity index (χ1v) is 10.1. The normalized spacial score (nSPS) is 18.6. The van der Waals surface area contributed by atoms with Crippen molar-refractivity contribution in [1.29, 1.82) is 0 Å². The van der Waals surface area contributed by atoms with Crippen molar-refractivity contribution in [2.75, 3.05) is 17.2 Å². The monoisotopic (exact) mass is 441 g/mol. The number of hydrogen-bond donors (Lipinski definition) is 1. The summed E-state index contributed by atoms with van der Waals surface area (Å²) in [6.45, 7) is 2.78. The number of nitrogens with two attached hydrogens (primary N) is 1. The van der Waals surface area contributed by atoms with Gasteiger partial charge in [0.2, 0.25) is 5.95 Å². The van der Waals surface area contributed by atoms with Crippen LogP contribution in [0.5, 0.6) is 0 Å². The molecule has 1 fully saturated rings. The van der Waals surface area contributed by atoms with Gasteiger partial charge in [-0.05, 0) is 18.2 Å². The second-order valence-corrected chi connectivity index (χ2v) is 8.08. The molecule has 10 heteroatoms. The Balaban J connectivity index is 1.75. The lowest BCUT2D eigenvalue weighted by Crippen LogP contribution is -2.51. The van der Waals surface area contributed by atoms with Crippen molar-refractivity contribution in [2.45, 2.75) is 13.0 Å². The fourth-order valence-corrected chi connectivity index (χ4v) is 4.37. The van der Waals surface area contributed by atoms with Crippen LogP contribution in [0.25, 0.3) is 11.2 Å². The maximum atomic E-state index is 13.5. The lowest BCUT2D eigenvalue weighted by atomic mass is 9.89. The number of aromatic nitrogens is 5. The van der Waals surface area contributed by atoms with E-state index in [9.17, 15) is 4.79 Å². The Morgan fingerprint density at radius 2 is 1.90 bits per heavy atom. The Bertz CT molecular complexity index is 1320. The molecule has 4 aromatic rings. The predicted molar refractivity (Wildman–Crippen MR) is 117 cm³/mol. The van der Waals surface area contributed by atoms with Gasteiger partial charge in [-0.2, -0.15) is 10.1 Å². The Morgan fingerprint density at radius 1 is 1.13 bits per heavy atom. The zero-order valence-corrected chi connectivity index (χ0v) is 17.4. The van der Waals surface area contributed by atoms with Gasteiger partial charge in [0.25, 0.3) is 5.56 Å². The van der Waals surface area contributed by atoms with Crippen molar-refractivity contribution < 1.29 is 0 Å². The van der Waals surface area contributed by atoms with Crippen molar-refractivity contribution in [1.82, 2.24) is 24.1 Å². The van der Waals surface area contributed by atoms with Gasteiger partial charge in [-0.15, -0.1) is 0 Å². The van der Waals surface area contributed by atoms with Gasteiger partial charge in [-0.1, -0.05) is 48.3 Å². The van der Waals surface area contributed by atoms with Crippen LogP contribution in [0.1, 0.15) is 18.8 Å². The lowest BCUT2D eigenvalue weighted by Gasteiger charge is -2.47. The number of nitrogens with zero attached hydrogens (tertiary/aromatic N) is 6. The van der Waals surface area contributed by atoms with Gasteiger partial charge in [0.1, 0.15) is 10.5 Å². The maximum Gasteiger partial charge on any atom is 0.284 e. The molecule has 1 saturated heterocycles. The van der Waals surface area contributed by atoms with E-state index in [0.29, 0.717) is 39.4 Å². The van der Waals surface area contributed by atoms with Gasteiger partial charge in [-0.3, -0.25) is 9.36 Å². The van der Waals surface area contributed by atoms with Crippen LogP contribution in [-0.2, 0) is 0 Å². The van der Waals surface area contributed by atoms with E-state index in [1.807, 2.05) is 35.2 Å². The number of halogens is 2. The van der Waals surface area contributed by atoms with E-state index in [0.717, 1.165) is 0 Å². The van der Waals surface area contributed by atoms with Crippen LogP contribution in [0, 0.1) is 5.92 Å². The van der Waals surface area contributed by atoms with Gasteiger partial charge in [0.05, 0.1) is 22.9 Å². The lowest BCUT2D eigenvalue weighted by molar-refractivity contribution is 0.300. The molecule has 0 aliphatic carbocycles. The molecule has 1 aromatic carbocycles. The van der Waals surface area contributed by atoms with E-state index in [-0.39, 0.29) is 23.5 Å². The molecule has 8 nitrogen and oxygen atoms in total. The highest BCUT2D eigenvalue weighted by Crippen LogP contribution is 2.43. The van der Waals surface area contributed by atoms with E-state index in [2.05, 4.69) is 16.9 Å². The SMILES string of the molecule is C[C@H]1CN(c2nc(N)ncc2Cl)[C@@H]1c1nn2ccc(Cl)c2c(=O)n1-c1ccccc1. The predicted octanol–water partition coefficient (Wildman–Crippen LogP) is 3.36. The molecule has 4 heterocycles. The summed E-state index contributed by atoms with van der Waals surface area (Å²) in [5, 5.41) is 5.51. The molecule has 0 bridgehead atoms. The van der Waals surface area contributed by atoms with E-state index in [4.69, 9.17) is 34.0 Å². The Kier molecular flexibility index (Phi) is 4.41. The smallest absolute Gasteiger partial charge is 0.284 e. The molecule has 2 atom stereocenters. The first-order valence-electron chi connectivity index (χ1n) is 9.35. The minimum atomic E-state index is -0.242. The molecule has 2 N–H and O–H groups in total. The Morgan fingerprint density at radius 3 is 2.63 bits per heavy atom. The summed E-state index contributed by atoms with van der Waals surface area (Å²) in [6.07, 6.45) is 3.16. The van der Waals surface area contributed by atoms with E-state index >= 15 is 0 Å². The largest absolute Gasteiger partial charge is 0.368 e. The Labute approximate surface area is 181 Å². The first-order chi connectivity index (χ1) is 14.5. The van der Waals surface area contributed by atoms with E-state index < -0.39 is 0 Å². The van der Waals surface area contributed by atoms with E-state index in [1.54, 1.807) is 16.8 Å². The fraction of sp³-hybridized carbons (Fsp3) is 0.200. The van der Waals surface area contributed by atoms with Crippen LogP contribution >= 0.6 is 23.2 Å². The standard InChI is InChI=1S/C20H17Cl2N7O/c1-11-10-27(17-14(22)9-24-20(23)25-17)15(11)18-26-28-8-7-13(21)16(28)19(30)29(18)12-5-3-2-4-6-12/h2-9,11,15H,10H2,1H3,(H2,23,24,25)/t11-,15-/m0/s1. The van der Waals surface area contributed by atoms with Crippen LogP contribution in [0.4, 0.5) is 11.8 Å². The Hall–Kier alpha value is -3.10. The second kappa shape index (κ2) is 7.00. The third kappa shape index (κ3) is 2.83. The van der Waals surface area contributed by atoms with Crippen LogP contribution in [0.2, 0.25) is 10.0 Å². The van der Waals surface area contributed by atoms with Crippen LogP contribution in [-0.4, -0.2) is 30.7 Å². The maximum absolute atomic E-state index is 13.5. The summed E-state index contributed by atoms with van der Waals surface area (Å²) in [7, 11) is 0. The van der Waals surface area contributed by atoms with Crippen LogP contribution < -0.4 is 16.2 Å². The topological polar surface area (TPSA) is 94.3 Å². The number of rotatable bonds is 3. The molecule has 3 aromatic heterocycles. The fourth-order valence-electron chi connectivity index (χ4n) is 3.94. The number of nitrogen functional groups attached to an aromatic ring is 1. The van der Waals surface area contributed by atoms with Crippen molar-refractivity contribution in [2.24, 2.45) is 5.92 Å². The summed E-state index contributed by atoms with van der Waals surface area (Å²) in [5.74, 6) is 1.42. The number of para-hydroxylation sites is 1. The number of fused-ring (bicyclic) bond motifs is 1. The van der Waals surface area contributed by atoms with Gasteiger partial charge in [0.15, 0.2) is 11.6 Å². The summed E-state index contributed by atoms with van der Waals surface area (Å²) in [5.41, 5.74) is 6.58. The highest BCUT2D eigenvalue weighted by molar-refractivity contribution is 6.34. The molecule has 0 spiro atoms. The second-order valence-electron chi connectivity index (χ2n) is 7.27. The van der Waals surface area contributed by atoms with Gasteiger partial charge < -0.3 is 10.6 Å². The summed E-state index contributed by atoms with van der Waals surface area (Å²) in [6, 6.07) is 10.8. The molecular formula is C20H17Cl2N7O. The first kappa shape index (κ1) is 18.9. The van der Waals surface area contributed by atoms with Gasteiger partial charge >= 0.3 is 0 Å². The average Bonchev–Trinajstić information content (AvgIpc) is 3.10. The summed E-state index contributed by atoms with van der Waals surface area (Å²) in [4.78, 5) is 23.7. The minimum absolute atomic E-state index is 0.133. The quantitative estimate of drug-likeness (QED) is 0.523. The van der Waals surface area contributed by atoms with Crippen molar-refractivity contribution in [3.63, 3.8) is 0 Å². The van der Waals surface area contributed by atoms with Gasteiger partial charge in [-0.25, -0.2) is 9.50 Å². The minimum Gasteiger partial charge on any atom is -0.368 e. The number of hydrogen-bond acceptors (Lipinski definition) is 6. The highest BCUT2D eigenvalue weighted by Gasteiger charge is 2.42. The molecule has 30 heavy (non-hydrogen) atoms. The van der Waals surface area contributed by atoms with E-state index in [1.165, 1.54) is 10.7 Å². The molecular weight excluding hydrogens is 425 g/mol. The van der Waals surface area contributed by atoms with Crippen molar-refractivity contribution in [3.05, 3.63) is 75.0 Å². The van der Waals surface area contributed by atoms with Gasteiger partial charge in [0, 0.05) is 18.7 Å². The summed E-state index contributed by atoms with van der Waals surface area (Å²) < 4.78 is 3.13. The van der Waals surface area contributed by atoms with Crippen LogP contribution in [0.3, 0.4) is 0 Å². The molecule has 1 aliphatic rings. The van der Waals surface area contributed by atoms with Crippen molar-refractivity contribution in [3.8, 4) is 5.69 Å².